The van der Waals surface area contributed by atoms with Crippen molar-refractivity contribution < 1.29 is 4.79 Å². The van der Waals surface area contributed by atoms with Crippen molar-refractivity contribution >= 4 is 39.1 Å². The number of carbonyl (C=O) groups excluding carboxylic acids is 1. The van der Waals surface area contributed by atoms with Crippen LogP contribution in [0.2, 0.25) is 5.15 Å². The van der Waals surface area contributed by atoms with Crippen LogP contribution in [0.3, 0.4) is 0 Å². The van der Waals surface area contributed by atoms with Gasteiger partial charge in [0.25, 0.3) is 0 Å². The summed E-state index contributed by atoms with van der Waals surface area (Å²) in [6.07, 6.45) is 4.31. The van der Waals surface area contributed by atoms with Crippen molar-refractivity contribution in [2.24, 2.45) is 5.92 Å². The van der Waals surface area contributed by atoms with E-state index in [1.807, 2.05) is 4.90 Å². The first-order chi connectivity index (χ1) is 11.1. The Hall–Kier alpha value is -1.24. The Morgan fingerprint density at radius 2 is 2.09 bits per heavy atom. The number of carbonyl (C=O) groups is 1. The topological polar surface area (TPSA) is 49.3 Å². The van der Waals surface area contributed by atoms with E-state index in [-0.39, 0.29) is 5.92 Å². The second kappa shape index (κ2) is 6.00. The average molecular weight is 351 g/mol. The van der Waals surface area contributed by atoms with Crippen LogP contribution < -0.4 is 0 Å². The van der Waals surface area contributed by atoms with Crippen LogP contribution in [0.4, 0.5) is 0 Å². The van der Waals surface area contributed by atoms with Crippen molar-refractivity contribution in [3.8, 4) is 0 Å². The Labute approximate surface area is 144 Å². The molecule has 0 unspecified atom stereocenters. The van der Waals surface area contributed by atoms with Crippen molar-refractivity contribution in [3.63, 3.8) is 0 Å². The molecule has 122 valence electrons. The molecule has 2 aliphatic heterocycles. The highest BCUT2D eigenvalue weighted by Crippen LogP contribution is 2.37. The maximum absolute atomic E-state index is 12.8. The van der Waals surface area contributed by atoms with Crippen LogP contribution in [0, 0.1) is 5.92 Å². The number of fused-ring (bicyclic) bond motifs is 3. The van der Waals surface area contributed by atoms with E-state index in [0.717, 1.165) is 49.1 Å². The molecule has 1 fully saturated rings. The lowest BCUT2D eigenvalue weighted by Gasteiger charge is -2.34. The summed E-state index contributed by atoms with van der Waals surface area (Å²) in [5, 5.41) is 1.52. The summed E-state index contributed by atoms with van der Waals surface area (Å²) >= 11 is 7.88. The van der Waals surface area contributed by atoms with Crippen LogP contribution in [-0.4, -0.2) is 52.4 Å². The third-order valence-corrected chi connectivity index (χ3v) is 6.38. The molecule has 0 spiro atoms. The number of rotatable bonds is 1. The Morgan fingerprint density at radius 3 is 2.87 bits per heavy atom. The molecule has 4 heterocycles. The SMILES string of the molecule is CN1CCC(C(=O)N2CCc3c(sc4ncnc(Cl)c34)C2)CC1. The van der Waals surface area contributed by atoms with Gasteiger partial charge in [-0.2, -0.15) is 0 Å². The lowest BCUT2D eigenvalue weighted by molar-refractivity contribution is -0.137. The van der Waals surface area contributed by atoms with E-state index in [1.54, 1.807) is 11.3 Å². The van der Waals surface area contributed by atoms with Gasteiger partial charge in [0, 0.05) is 17.3 Å². The van der Waals surface area contributed by atoms with E-state index >= 15 is 0 Å². The van der Waals surface area contributed by atoms with E-state index in [9.17, 15) is 4.79 Å². The fourth-order valence-corrected chi connectivity index (χ4v) is 5.10. The van der Waals surface area contributed by atoms with Gasteiger partial charge in [-0.1, -0.05) is 11.6 Å². The van der Waals surface area contributed by atoms with E-state index in [2.05, 4.69) is 21.9 Å². The molecule has 2 aliphatic rings. The quantitative estimate of drug-likeness (QED) is 0.742. The predicted molar refractivity (Wildman–Crippen MR) is 91.8 cm³/mol. The maximum atomic E-state index is 12.8. The molecule has 0 bridgehead atoms. The molecule has 0 atom stereocenters. The Kier molecular flexibility index (Phi) is 3.99. The Bertz CT molecular complexity index is 754. The summed E-state index contributed by atoms with van der Waals surface area (Å²) in [6.45, 7) is 3.50. The number of likely N-dealkylation sites (tertiary alicyclic amines) is 1. The van der Waals surface area contributed by atoms with Gasteiger partial charge >= 0.3 is 0 Å². The van der Waals surface area contributed by atoms with Gasteiger partial charge in [-0.25, -0.2) is 9.97 Å². The first kappa shape index (κ1) is 15.3. The van der Waals surface area contributed by atoms with Crippen molar-refractivity contribution in [2.75, 3.05) is 26.7 Å². The molecular weight excluding hydrogens is 332 g/mol. The molecular formula is C16H19ClN4OS. The number of nitrogens with zero attached hydrogens (tertiary/aromatic N) is 4. The number of thiophene rings is 1. The van der Waals surface area contributed by atoms with Crippen molar-refractivity contribution in [1.29, 1.82) is 0 Å². The highest BCUT2D eigenvalue weighted by Gasteiger charge is 2.31. The minimum absolute atomic E-state index is 0.186. The largest absolute Gasteiger partial charge is 0.337 e. The lowest BCUT2D eigenvalue weighted by atomic mass is 9.94. The zero-order valence-corrected chi connectivity index (χ0v) is 14.7. The van der Waals surface area contributed by atoms with Crippen molar-refractivity contribution in [1.82, 2.24) is 19.8 Å². The average Bonchev–Trinajstić information content (AvgIpc) is 2.93. The number of piperidine rings is 1. The third-order valence-electron chi connectivity index (χ3n) is 4.97. The van der Waals surface area contributed by atoms with Crippen LogP contribution >= 0.6 is 22.9 Å². The van der Waals surface area contributed by atoms with Gasteiger partial charge in [-0.05, 0) is 45.0 Å². The molecule has 1 saturated heterocycles. The number of halogens is 1. The Morgan fingerprint density at radius 1 is 1.30 bits per heavy atom. The zero-order valence-electron chi connectivity index (χ0n) is 13.1. The first-order valence-electron chi connectivity index (χ1n) is 8.01. The minimum Gasteiger partial charge on any atom is -0.337 e. The second-order valence-corrected chi connectivity index (χ2v) is 7.88. The predicted octanol–water partition coefficient (Wildman–Crippen LogP) is 2.57. The lowest BCUT2D eigenvalue weighted by Crippen LogP contribution is -2.43. The van der Waals surface area contributed by atoms with Crippen molar-refractivity contribution in [2.45, 2.75) is 25.8 Å². The van der Waals surface area contributed by atoms with Gasteiger partial charge in [0.2, 0.25) is 5.91 Å². The summed E-state index contributed by atoms with van der Waals surface area (Å²) in [5.41, 5.74) is 1.24. The van der Waals surface area contributed by atoms with Crippen LogP contribution in [0.5, 0.6) is 0 Å². The highest BCUT2D eigenvalue weighted by atomic mass is 35.5. The molecule has 4 rings (SSSR count). The summed E-state index contributed by atoms with van der Waals surface area (Å²) < 4.78 is 0. The summed E-state index contributed by atoms with van der Waals surface area (Å²) in [6, 6.07) is 0. The van der Waals surface area contributed by atoms with Gasteiger partial charge in [0.05, 0.1) is 11.9 Å². The number of aromatic nitrogens is 2. The van der Waals surface area contributed by atoms with Crippen molar-refractivity contribution in [3.05, 3.63) is 21.9 Å². The molecule has 2 aromatic rings. The van der Waals surface area contributed by atoms with E-state index in [0.29, 0.717) is 17.6 Å². The van der Waals surface area contributed by atoms with Gasteiger partial charge in [-0.3, -0.25) is 4.79 Å². The number of amides is 1. The van der Waals surface area contributed by atoms with Gasteiger partial charge in [0.15, 0.2) is 0 Å². The van der Waals surface area contributed by atoms with Gasteiger partial charge in [-0.15, -0.1) is 11.3 Å². The molecule has 0 radical (unpaired) electrons. The molecule has 0 aromatic carbocycles. The fourth-order valence-electron chi connectivity index (χ4n) is 3.59. The molecule has 0 N–H and O–H groups in total. The van der Waals surface area contributed by atoms with Crippen LogP contribution in [0.25, 0.3) is 10.2 Å². The zero-order chi connectivity index (χ0) is 16.0. The first-order valence-corrected chi connectivity index (χ1v) is 9.21. The monoisotopic (exact) mass is 350 g/mol. The molecule has 0 aliphatic carbocycles. The normalized spacial score (nSPS) is 20.0. The standard InChI is InChI=1S/C16H19ClN4OS/c1-20-5-2-10(3-6-20)16(22)21-7-4-11-12(8-21)23-15-13(11)14(17)18-9-19-15/h9-10H,2-8H2,1H3. The summed E-state index contributed by atoms with van der Waals surface area (Å²) in [7, 11) is 2.12. The fraction of sp³-hybridized carbons (Fsp3) is 0.562. The van der Waals surface area contributed by atoms with Crippen LogP contribution in [0.1, 0.15) is 23.3 Å². The van der Waals surface area contributed by atoms with Crippen LogP contribution in [0.15, 0.2) is 6.33 Å². The molecule has 7 heteroatoms. The number of hydrogen-bond donors (Lipinski definition) is 0. The molecule has 5 nitrogen and oxygen atoms in total. The summed E-state index contributed by atoms with van der Waals surface area (Å²) in [4.78, 5) is 27.7. The Balaban J connectivity index is 1.56. The van der Waals surface area contributed by atoms with E-state index in [4.69, 9.17) is 11.6 Å². The molecule has 2 aromatic heterocycles. The second-order valence-electron chi connectivity index (χ2n) is 6.44. The van der Waals surface area contributed by atoms with Gasteiger partial charge in [0.1, 0.15) is 16.3 Å². The van der Waals surface area contributed by atoms with Gasteiger partial charge < -0.3 is 9.80 Å². The highest BCUT2D eigenvalue weighted by molar-refractivity contribution is 7.19. The third kappa shape index (κ3) is 2.73. The molecule has 1 amide bonds. The smallest absolute Gasteiger partial charge is 0.226 e. The van der Waals surface area contributed by atoms with E-state index < -0.39 is 0 Å². The molecule has 23 heavy (non-hydrogen) atoms. The molecule has 0 saturated carbocycles. The van der Waals surface area contributed by atoms with E-state index in [1.165, 1.54) is 16.8 Å². The maximum Gasteiger partial charge on any atom is 0.226 e. The number of hydrogen-bond acceptors (Lipinski definition) is 5. The summed E-state index contributed by atoms with van der Waals surface area (Å²) in [5.74, 6) is 0.504. The minimum atomic E-state index is 0.186. The van der Waals surface area contributed by atoms with Crippen LogP contribution in [-0.2, 0) is 17.8 Å².